The summed E-state index contributed by atoms with van der Waals surface area (Å²) in [5, 5.41) is -0.0883. The van der Waals surface area contributed by atoms with Gasteiger partial charge in [0, 0.05) is 18.9 Å². The van der Waals surface area contributed by atoms with Crippen molar-refractivity contribution in [3.63, 3.8) is 0 Å². The van der Waals surface area contributed by atoms with E-state index in [4.69, 9.17) is 13.9 Å². The molecule has 0 saturated heterocycles. The van der Waals surface area contributed by atoms with Crippen LogP contribution in [0.15, 0.2) is 124 Å². The summed E-state index contributed by atoms with van der Waals surface area (Å²) in [6.45, 7) is 10.3. The first kappa shape index (κ1) is 34.5. The van der Waals surface area contributed by atoms with E-state index in [2.05, 4.69) is 38.8 Å². The molecular formula is C36H42N2O7SSi. The number of hydrogen-bond acceptors (Lipinski definition) is 7. The summed E-state index contributed by atoms with van der Waals surface area (Å²) in [6, 6.07) is 30.4. The highest BCUT2D eigenvalue weighted by molar-refractivity contribution is 7.95. The standard InChI is InChI=1S/C36H42N2O7SSi/c1-35(2,3)47(4,5)44-23-24-46(41,42)31-25-33(38-22-21-32(39)37-34(38)40)45-30(31)26-43-36(27-15-9-6-10-16-27,28-17-11-7-12-18-28)29-19-13-8-14-20-29/h6-22,25,30,33H,23-24,26H2,1-5H3,(H,37,39,40)/t30-,33-/m1/s1. The molecule has 0 spiro atoms. The van der Waals surface area contributed by atoms with Crippen LogP contribution >= 0.6 is 0 Å². The SMILES string of the molecule is CC(C)(C)[Si](C)(C)OCCS(=O)(=O)C1=C[C@H](n2ccc(=O)[nH]c2=O)O[C@@H]1COC(c1ccccc1)(c1ccccc1)c1ccccc1. The van der Waals surface area contributed by atoms with Crippen molar-refractivity contribution < 1.29 is 22.3 Å². The van der Waals surface area contributed by atoms with Gasteiger partial charge in [-0.15, -0.1) is 0 Å². The highest BCUT2D eigenvalue weighted by Crippen LogP contribution is 2.42. The minimum atomic E-state index is -3.93. The Morgan fingerprint density at radius 3 is 1.81 bits per heavy atom. The van der Waals surface area contributed by atoms with E-state index in [1.54, 1.807) is 0 Å². The Hall–Kier alpha value is -3.87. The van der Waals surface area contributed by atoms with Crippen molar-refractivity contribution >= 4 is 18.2 Å². The van der Waals surface area contributed by atoms with E-state index in [0.29, 0.717) is 0 Å². The van der Waals surface area contributed by atoms with Crippen LogP contribution in [0.25, 0.3) is 0 Å². The van der Waals surface area contributed by atoms with Gasteiger partial charge in [0.05, 0.1) is 17.3 Å². The van der Waals surface area contributed by atoms with E-state index >= 15 is 0 Å². The molecule has 248 valence electrons. The molecule has 4 aromatic rings. The molecular weight excluding hydrogens is 633 g/mol. The molecule has 1 aromatic heterocycles. The maximum Gasteiger partial charge on any atom is 0.330 e. The topological polar surface area (TPSA) is 117 Å². The van der Waals surface area contributed by atoms with Crippen LogP contribution < -0.4 is 11.2 Å². The van der Waals surface area contributed by atoms with Crippen LogP contribution in [0.3, 0.4) is 0 Å². The second kappa shape index (κ2) is 13.7. The second-order valence-corrected chi connectivity index (χ2v) is 20.0. The van der Waals surface area contributed by atoms with Crippen LogP contribution in [-0.4, -0.2) is 51.4 Å². The van der Waals surface area contributed by atoms with Crippen molar-refractivity contribution in [3.05, 3.63) is 152 Å². The molecule has 0 radical (unpaired) electrons. The Morgan fingerprint density at radius 1 is 0.830 bits per heavy atom. The van der Waals surface area contributed by atoms with Gasteiger partial charge in [0.1, 0.15) is 11.7 Å². The maximum absolute atomic E-state index is 14.0. The fraction of sp³-hybridized carbons (Fsp3) is 0.333. The van der Waals surface area contributed by atoms with E-state index in [9.17, 15) is 18.0 Å². The average molecular weight is 675 g/mol. The van der Waals surface area contributed by atoms with Crippen molar-refractivity contribution in [2.45, 2.75) is 56.8 Å². The first-order chi connectivity index (χ1) is 22.2. The molecule has 2 atom stereocenters. The molecule has 0 saturated carbocycles. The molecule has 1 N–H and O–H groups in total. The van der Waals surface area contributed by atoms with E-state index in [0.717, 1.165) is 21.3 Å². The van der Waals surface area contributed by atoms with Gasteiger partial charge in [-0.2, -0.15) is 0 Å². The summed E-state index contributed by atoms with van der Waals surface area (Å²) in [4.78, 5) is 26.7. The number of nitrogens with one attached hydrogen (secondary N) is 1. The van der Waals surface area contributed by atoms with Gasteiger partial charge in [0.2, 0.25) is 0 Å². The molecule has 47 heavy (non-hydrogen) atoms. The van der Waals surface area contributed by atoms with Gasteiger partial charge in [-0.1, -0.05) is 112 Å². The van der Waals surface area contributed by atoms with Crippen molar-refractivity contribution in [2.24, 2.45) is 0 Å². The highest BCUT2D eigenvalue weighted by Gasteiger charge is 2.43. The Balaban J connectivity index is 1.54. The lowest BCUT2D eigenvalue weighted by Gasteiger charge is -2.37. The molecule has 0 aliphatic carbocycles. The predicted molar refractivity (Wildman–Crippen MR) is 185 cm³/mol. The molecule has 2 heterocycles. The molecule has 0 fully saturated rings. The van der Waals surface area contributed by atoms with Gasteiger partial charge in [0.15, 0.2) is 24.4 Å². The lowest BCUT2D eigenvalue weighted by atomic mass is 9.80. The van der Waals surface area contributed by atoms with Gasteiger partial charge in [-0.25, -0.2) is 13.2 Å². The fourth-order valence-electron chi connectivity index (χ4n) is 5.43. The van der Waals surface area contributed by atoms with Crippen molar-refractivity contribution in [1.29, 1.82) is 0 Å². The van der Waals surface area contributed by atoms with Crippen LogP contribution in [0, 0.1) is 0 Å². The number of aromatic amines is 1. The summed E-state index contributed by atoms with van der Waals surface area (Å²) in [6.07, 6.45) is 0.564. The molecule has 11 heteroatoms. The number of ether oxygens (including phenoxy) is 2. The number of benzene rings is 3. The monoisotopic (exact) mass is 674 g/mol. The first-order valence-electron chi connectivity index (χ1n) is 15.6. The van der Waals surface area contributed by atoms with Crippen molar-refractivity contribution in [1.82, 2.24) is 9.55 Å². The third-order valence-electron chi connectivity index (χ3n) is 9.03. The molecule has 3 aromatic carbocycles. The average Bonchev–Trinajstić information content (AvgIpc) is 3.47. The molecule has 9 nitrogen and oxygen atoms in total. The van der Waals surface area contributed by atoms with Gasteiger partial charge < -0.3 is 13.9 Å². The van der Waals surface area contributed by atoms with Gasteiger partial charge in [-0.3, -0.25) is 14.3 Å². The van der Waals surface area contributed by atoms with E-state index in [-0.39, 0.29) is 28.9 Å². The third-order valence-corrected chi connectivity index (χ3v) is 15.4. The zero-order valence-corrected chi connectivity index (χ0v) is 29.2. The highest BCUT2D eigenvalue weighted by atomic mass is 32.2. The minimum Gasteiger partial charge on any atom is -0.416 e. The lowest BCUT2D eigenvalue weighted by molar-refractivity contribution is -0.0696. The molecule has 1 aliphatic rings. The zero-order valence-electron chi connectivity index (χ0n) is 27.4. The van der Waals surface area contributed by atoms with Crippen molar-refractivity contribution in [3.8, 4) is 0 Å². The smallest absolute Gasteiger partial charge is 0.330 e. The number of aromatic nitrogens is 2. The number of rotatable bonds is 12. The van der Waals surface area contributed by atoms with Crippen LogP contribution in [0.4, 0.5) is 0 Å². The zero-order chi connectivity index (χ0) is 33.9. The van der Waals surface area contributed by atoms with Gasteiger partial charge >= 0.3 is 5.69 Å². The van der Waals surface area contributed by atoms with E-state index in [1.165, 1.54) is 18.3 Å². The van der Waals surface area contributed by atoms with Crippen molar-refractivity contribution in [2.75, 3.05) is 19.0 Å². The maximum atomic E-state index is 14.0. The molecule has 0 unspecified atom stereocenters. The fourth-order valence-corrected chi connectivity index (χ4v) is 8.01. The first-order valence-corrected chi connectivity index (χ1v) is 20.2. The number of hydrogen-bond donors (Lipinski definition) is 1. The molecule has 0 amide bonds. The van der Waals surface area contributed by atoms with Crippen LogP contribution in [0.2, 0.25) is 18.1 Å². The largest absolute Gasteiger partial charge is 0.416 e. The predicted octanol–water partition coefficient (Wildman–Crippen LogP) is 5.76. The quantitative estimate of drug-likeness (QED) is 0.150. The summed E-state index contributed by atoms with van der Waals surface area (Å²) in [7, 11) is -6.15. The minimum absolute atomic E-state index is 0.00233. The Labute approximate surface area is 276 Å². The molecule has 0 bridgehead atoms. The summed E-state index contributed by atoms with van der Waals surface area (Å²) in [5.74, 6) is -0.264. The normalized spacial score (nSPS) is 17.4. The Kier molecular flexibility index (Phi) is 10.0. The van der Waals surface area contributed by atoms with Gasteiger partial charge in [-0.05, 0) is 40.9 Å². The Bertz CT molecular complexity index is 1820. The lowest BCUT2D eigenvalue weighted by Crippen LogP contribution is -2.42. The number of sulfone groups is 1. The number of nitrogens with zero attached hydrogens (tertiary/aromatic N) is 1. The second-order valence-electron chi connectivity index (χ2n) is 13.1. The van der Waals surface area contributed by atoms with Crippen LogP contribution in [0.1, 0.15) is 43.7 Å². The summed E-state index contributed by atoms with van der Waals surface area (Å²) < 4.78 is 48.6. The Morgan fingerprint density at radius 2 is 1.34 bits per heavy atom. The van der Waals surface area contributed by atoms with Crippen LogP contribution in [0.5, 0.6) is 0 Å². The summed E-state index contributed by atoms with van der Waals surface area (Å²) in [5.41, 5.74) is 0.132. The molecule has 1 aliphatic heterocycles. The van der Waals surface area contributed by atoms with Gasteiger partial charge in [0.25, 0.3) is 5.56 Å². The number of H-pyrrole nitrogens is 1. The van der Waals surface area contributed by atoms with Crippen LogP contribution in [-0.2, 0) is 29.3 Å². The van der Waals surface area contributed by atoms with E-state index in [1.807, 2.05) is 91.0 Å². The van der Waals surface area contributed by atoms with E-state index < -0.39 is 47.3 Å². The summed E-state index contributed by atoms with van der Waals surface area (Å²) >= 11 is 0. The third kappa shape index (κ3) is 7.34. The molecule has 5 rings (SSSR count).